The molecule has 4 rings (SSSR count). The van der Waals surface area contributed by atoms with E-state index in [2.05, 4.69) is 42.6 Å². The lowest BCUT2D eigenvalue weighted by molar-refractivity contribution is 0.0205. The van der Waals surface area contributed by atoms with Gasteiger partial charge in [-0.05, 0) is 76.3 Å². The maximum atomic E-state index is 12.4. The van der Waals surface area contributed by atoms with Crippen molar-refractivity contribution >= 4 is 22.6 Å². The van der Waals surface area contributed by atoms with E-state index in [9.17, 15) is 4.79 Å². The summed E-state index contributed by atoms with van der Waals surface area (Å²) >= 11 is 0. The average Bonchev–Trinajstić information content (AvgIpc) is 2.73. The molecule has 0 bridgehead atoms. The smallest absolute Gasteiger partial charge is 0.410 e. The molecule has 5 heteroatoms. The molecule has 2 aromatic carbocycles. The van der Waals surface area contributed by atoms with E-state index in [0.29, 0.717) is 12.0 Å². The van der Waals surface area contributed by atoms with Crippen LogP contribution in [0.4, 0.5) is 10.5 Å². The summed E-state index contributed by atoms with van der Waals surface area (Å²) in [5, 5.41) is 6.40. The molecular weight excluding hydrogens is 388 g/mol. The van der Waals surface area contributed by atoms with Crippen molar-refractivity contribution in [1.29, 1.82) is 0 Å². The van der Waals surface area contributed by atoms with Gasteiger partial charge in [0.1, 0.15) is 5.60 Å². The van der Waals surface area contributed by atoms with Crippen LogP contribution in [0.15, 0.2) is 30.3 Å². The number of carbonyl (C=O) groups is 1. The Balaban J connectivity index is 1.52. The van der Waals surface area contributed by atoms with E-state index in [1.54, 1.807) is 0 Å². The van der Waals surface area contributed by atoms with Crippen molar-refractivity contribution < 1.29 is 14.3 Å². The van der Waals surface area contributed by atoms with Crippen molar-refractivity contribution in [3.8, 4) is 0 Å². The number of carbonyl (C=O) groups excluding carboxylic acids is 1. The highest BCUT2D eigenvalue weighted by Crippen LogP contribution is 2.37. The Bertz CT molecular complexity index is 920. The van der Waals surface area contributed by atoms with Crippen LogP contribution in [-0.4, -0.2) is 48.9 Å². The Hall–Kier alpha value is -2.27. The molecule has 2 saturated heterocycles. The van der Waals surface area contributed by atoms with Gasteiger partial charge in [-0.2, -0.15) is 0 Å². The summed E-state index contributed by atoms with van der Waals surface area (Å²) in [6.07, 6.45) is 3.85. The fourth-order valence-electron chi connectivity index (χ4n) is 4.73. The molecule has 0 atom stereocenters. The molecule has 31 heavy (non-hydrogen) atoms. The Morgan fingerprint density at radius 2 is 1.74 bits per heavy atom. The van der Waals surface area contributed by atoms with Gasteiger partial charge in [0.25, 0.3) is 0 Å². The quantitative estimate of drug-likeness (QED) is 0.671. The average molecular weight is 425 g/mol. The molecule has 0 radical (unpaired) electrons. The van der Waals surface area contributed by atoms with Crippen LogP contribution in [0.25, 0.3) is 10.8 Å². The van der Waals surface area contributed by atoms with Gasteiger partial charge in [-0.1, -0.05) is 29.8 Å². The van der Waals surface area contributed by atoms with Gasteiger partial charge >= 0.3 is 6.09 Å². The van der Waals surface area contributed by atoms with Gasteiger partial charge in [-0.15, -0.1) is 0 Å². The highest BCUT2D eigenvalue weighted by atomic mass is 16.6. The lowest BCUT2D eigenvalue weighted by atomic mass is 9.85. The number of fused-ring (bicyclic) bond motifs is 1. The van der Waals surface area contributed by atoms with Crippen LogP contribution in [-0.2, 0) is 9.47 Å². The Morgan fingerprint density at radius 3 is 2.42 bits per heavy atom. The first-order valence-corrected chi connectivity index (χ1v) is 11.7. The second kappa shape index (κ2) is 9.07. The van der Waals surface area contributed by atoms with Gasteiger partial charge in [-0.3, -0.25) is 0 Å². The Morgan fingerprint density at radius 1 is 1.03 bits per heavy atom. The third kappa shape index (κ3) is 5.32. The molecule has 2 aliphatic heterocycles. The third-order valence-corrected chi connectivity index (χ3v) is 6.37. The number of benzene rings is 2. The summed E-state index contributed by atoms with van der Waals surface area (Å²) in [7, 11) is 0. The molecule has 2 heterocycles. The van der Waals surface area contributed by atoms with Gasteiger partial charge in [0.2, 0.25) is 0 Å². The second-order valence-electron chi connectivity index (χ2n) is 10.0. The van der Waals surface area contributed by atoms with Crippen molar-refractivity contribution in [2.24, 2.45) is 0 Å². The molecule has 1 amide bonds. The van der Waals surface area contributed by atoms with E-state index in [0.717, 1.165) is 52.0 Å². The summed E-state index contributed by atoms with van der Waals surface area (Å²) in [6.45, 7) is 11.1. The van der Waals surface area contributed by atoms with Gasteiger partial charge < -0.3 is 19.7 Å². The number of ether oxygens (including phenoxy) is 2. The van der Waals surface area contributed by atoms with E-state index in [1.807, 2.05) is 25.7 Å². The topological polar surface area (TPSA) is 50.8 Å². The maximum Gasteiger partial charge on any atom is 0.410 e. The predicted octanol–water partition coefficient (Wildman–Crippen LogP) is 5.85. The van der Waals surface area contributed by atoms with Crippen LogP contribution in [0, 0.1) is 6.92 Å². The minimum Gasteiger partial charge on any atom is -0.444 e. The number of piperidine rings is 1. The highest BCUT2D eigenvalue weighted by molar-refractivity contribution is 5.97. The van der Waals surface area contributed by atoms with Crippen LogP contribution in [0.2, 0.25) is 0 Å². The first-order chi connectivity index (χ1) is 14.8. The molecule has 2 fully saturated rings. The fourth-order valence-corrected chi connectivity index (χ4v) is 4.73. The van der Waals surface area contributed by atoms with E-state index < -0.39 is 5.60 Å². The molecule has 2 aliphatic rings. The zero-order chi connectivity index (χ0) is 22.0. The van der Waals surface area contributed by atoms with E-state index >= 15 is 0 Å². The lowest BCUT2D eigenvalue weighted by Gasteiger charge is -2.34. The summed E-state index contributed by atoms with van der Waals surface area (Å²) in [5.41, 5.74) is 3.45. The molecule has 0 unspecified atom stereocenters. The number of hydrogen-bond acceptors (Lipinski definition) is 4. The first-order valence-electron chi connectivity index (χ1n) is 11.7. The third-order valence-electron chi connectivity index (χ3n) is 6.37. The minimum absolute atomic E-state index is 0.192. The van der Waals surface area contributed by atoms with Crippen molar-refractivity contribution in [2.45, 2.75) is 70.9 Å². The SMILES string of the molecule is Cc1ccc2c(NC3CCOCC3)ccc(C3CCN(C(=O)OC(C)(C)C)CC3)c2c1. The monoisotopic (exact) mass is 424 g/mol. The number of nitrogens with one attached hydrogen (secondary N) is 1. The summed E-state index contributed by atoms with van der Waals surface area (Å²) in [4.78, 5) is 14.3. The van der Waals surface area contributed by atoms with Crippen molar-refractivity contribution in [3.05, 3.63) is 41.5 Å². The summed E-state index contributed by atoms with van der Waals surface area (Å²) in [6, 6.07) is 11.8. The van der Waals surface area contributed by atoms with Gasteiger partial charge in [-0.25, -0.2) is 4.79 Å². The summed E-state index contributed by atoms with van der Waals surface area (Å²) < 4.78 is 11.1. The Labute approximate surface area is 186 Å². The minimum atomic E-state index is -0.449. The predicted molar refractivity (Wildman–Crippen MR) is 126 cm³/mol. The molecule has 5 nitrogen and oxygen atoms in total. The van der Waals surface area contributed by atoms with Crippen LogP contribution in [0.1, 0.15) is 63.5 Å². The van der Waals surface area contributed by atoms with Crippen molar-refractivity contribution in [1.82, 2.24) is 4.90 Å². The fraction of sp³-hybridized carbons (Fsp3) is 0.577. The van der Waals surface area contributed by atoms with Gasteiger partial charge in [0.15, 0.2) is 0 Å². The number of nitrogens with zero attached hydrogens (tertiary/aromatic N) is 1. The van der Waals surface area contributed by atoms with Crippen LogP contribution >= 0.6 is 0 Å². The summed E-state index contributed by atoms with van der Waals surface area (Å²) in [5.74, 6) is 0.458. The van der Waals surface area contributed by atoms with Crippen LogP contribution in [0.5, 0.6) is 0 Å². The van der Waals surface area contributed by atoms with Gasteiger partial charge in [0, 0.05) is 43.4 Å². The highest BCUT2D eigenvalue weighted by Gasteiger charge is 2.28. The molecule has 0 aliphatic carbocycles. The molecule has 0 spiro atoms. The first kappa shape index (κ1) is 21.9. The van der Waals surface area contributed by atoms with Crippen LogP contribution < -0.4 is 5.32 Å². The van der Waals surface area contributed by atoms with Gasteiger partial charge in [0.05, 0.1) is 0 Å². The molecule has 1 N–H and O–H groups in total. The largest absolute Gasteiger partial charge is 0.444 e. The number of hydrogen-bond donors (Lipinski definition) is 1. The second-order valence-corrected chi connectivity index (χ2v) is 10.0. The number of anilines is 1. The molecule has 168 valence electrons. The number of rotatable bonds is 3. The Kier molecular flexibility index (Phi) is 6.42. The number of aryl methyl sites for hydroxylation is 1. The molecule has 2 aromatic rings. The van der Waals surface area contributed by atoms with Crippen LogP contribution in [0.3, 0.4) is 0 Å². The normalized spacial score (nSPS) is 18.9. The number of amides is 1. The van der Waals surface area contributed by atoms with E-state index in [4.69, 9.17) is 9.47 Å². The molecule has 0 saturated carbocycles. The zero-order valence-electron chi connectivity index (χ0n) is 19.4. The molecular formula is C26H36N2O3. The van der Waals surface area contributed by atoms with E-state index in [-0.39, 0.29) is 6.09 Å². The standard InChI is InChI=1S/C26H36N2O3/c1-18-5-6-22-23(17-18)21(7-8-24(22)27-20-11-15-30-16-12-20)19-9-13-28(14-10-19)25(29)31-26(2,3)4/h5-8,17,19-20,27H,9-16H2,1-4H3. The molecule has 0 aromatic heterocycles. The van der Waals surface area contributed by atoms with E-state index in [1.165, 1.54) is 27.6 Å². The maximum absolute atomic E-state index is 12.4. The number of likely N-dealkylation sites (tertiary alicyclic amines) is 1. The zero-order valence-corrected chi connectivity index (χ0v) is 19.4. The lowest BCUT2D eigenvalue weighted by Crippen LogP contribution is -2.41. The van der Waals surface area contributed by atoms with Crippen molar-refractivity contribution in [2.75, 3.05) is 31.6 Å². The van der Waals surface area contributed by atoms with Crippen molar-refractivity contribution in [3.63, 3.8) is 0 Å².